The van der Waals surface area contributed by atoms with Gasteiger partial charge in [-0.25, -0.2) is 4.79 Å². The minimum Gasteiger partial charge on any atom is -0.446 e. The molecule has 21 heavy (non-hydrogen) atoms. The van der Waals surface area contributed by atoms with Crippen LogP contribution < -0.4 is 5.32 Å². The number of esters is 1. The highest BCUT2D eigenvalue weighted by molar-refractivity contribution is 6.26. The molecular formula is C13H19N3O5. The predicted molar refractivity (Wildman–Crippen MR) is 72.6 cm³/mol. The number of hydrogen-bond acceptors (Lipinski definition) is 7. The van der Waals surface area contributed by atoms with Crippen molar-refractivity contribution >= 4 is 23.9 Å². The molecule has 116 valence electrons. The van der Waals surface area contributed by atoms with Crippen LogP contribution in [0.4, 0.5) is 0 Å². The van der Waals surface area contributed by atoms with E-state index < -0.39 is 35.9 Å². The molecule has 0 bridgehead atoms. The summed E-state index contributed by atoms with van der Waals surface area (Å²) in [6, 6.07) is 0.656. The zero-order valence-electron chi connectivity index (χ0n) is 12.2. The fraction of sp³-hybridized carbons (Fsp3) is 0.615. The molecule has 0 spiro atoms. The number of nitriles is 1. The van der Waals surface area contributed by atoms with Crippen molar-refractivity contribution in [1.29, 1.82) is 10.7 Å². The minimum absolute atomic E-state index is 0.0205. The van der Waals surface area contributed by atoms with E-state index in [1.54, 1.807) is 6.07 Å². The topological polar surface area (TPSA) is 129 Å². The molecule has 0 aromatic heterocycles. The lowest BCUT2D eigenvalue weighted by atomic mass is 10.1. The summed E-state index contributed by atoms with van der Waals surface area (Å²) in [6.07, 6.45) is -1.21. The van der Waals surface area contributed by atoms with Crippen molar-refractivity contribution in [2.75, 3.05) is 7.11 Å². The van der Waals surface area contributed by atoms with Gasteiger partial charge in [-0.05, 0) is 20.3 Å². The first-order valence-corrected chi connectivity index (χ1v) is 6.32. The summed E-state index contributed by atoms with van der Waals surface area (Å²) < 4.78 is 9.64. The third-order valence-electron chi connectivity index (χ3n) is 2.64. The molecule has 0 heterocycles. The Balaban J connectivity index is 4.79. The summed E-state index contributed by atoms with van der Waals surface area (Å²) in [4.78, 5) is 34.7. The van der Waals surface area contributed by atoms with E-state index in [0.717, 1.165) is 0 Å². The molecule has 8 nitrogen and oxygen atoms in total. The van der Waals surface area contributed by atoms with Crippen LogP contribution in [-0.2, 0) is 23.9 Å². The Morgan fingerprint density at radius 2 is 2.00 bits per heavy atom. The van der Waals surface area contributed by atoms with Crippen LogP contribution in [0.1, 0.15) is 26.7 Å². The summed E-state index contributed by atoms with van der Waals surface area (Å²) in [5.74, 6) is -1.82. The largest absolute Gasteiger partial charge is 0.446 e. The van der Waals surface area contributed by atoms with Crippen molar-refractivity contribution < 1.29 is 23.9 Å². The lowest BCUT2D eigenvalue weighted by Crippen LogP contribution is -2.46. The number of carbonyl (C=O) groups excluding carboxylic acids is 3. The third-order valence-corrected chi connectivity index (χ3v) is 2.64. The molecule has 3 atom stereocenters. The fourth-order valence-electron chi connectivity index (χ4n) is 1.29. The lowest BCUT2D eigenvalue weighted by molar-refractivity contribution is -0.151. The first kappa shape index (κ1) is 18.7. The second-order valence-electron chi connectivity index (χ2n) is 4.30. The summed E-state index contributed by atoms with van der Waals surface area (Å²) in [5, 5.41) is 17.8. The standard InChI is InChI=1S/C13H19N3O5/c1-8(6-14)21-13(19)11(5-4-10(17)7-15)16-12(18)9(2)20-3/h7-9,11,15H,4-5H2,1-3H3,(H,16,18)/t8-,9+,11+/m1/s1. The van der Waals surface area contributed by atoms with Gasteiger partial charge in [0.2, 0.25) is 5.91 Å². The SMILES string of the molecule is CO[C@@H](C)C(=O)N[C@@H](CCC(=O)C=N)C(=O)O[C@H](C)C#N. The van der Waals surface area contributed by atoms with Gasteiger partial charge in [-0.2, -0.15) is 5.26 Å². The van der Waals surface area contributed by atoms with E-state index in [2.05, 4.69) is 5.32 Å². The number of ether oxygens (including phenoxy) is 2. The van der Waals surface area contributed by atoms with Gasteiger partial charge < -0.3 is 20.2 Å². The first-order chi connectivity index (χ1) is 9.85. The van der Waals surface area contributed by atoms with E-state index in [-0.39, 0.29) is 12.8 Å². The Morgan fingerprint density at radius 1 is 1.38 bits per heavy atom. The molecule has 0 saturated heterocycles. The Bertz CT molecular complexity index is 444. The van der Waals surface area contributed by atoms with Crippen molar-refractivity contribution in [2.45, 2.75) is 44.9 Å². The van der Waals surface area contributed by atoms with E-state index >= 15 is 0 Å². The average molecular weight is 297 g/mol. The maximum Gasteiger partial charge on any atom is 0.329 e. The highest BCUT2D eigenvalue weighted by Gasteiger charge is 2.26. The van der Waals surface area contributed by atoms with Gasteiger partial charge in [0, 0.05) is 13.5 Å². The average Bonchev–Trinajstić information content (AvgIpc) is 2.49. The minimum atomic E-state index is -1.07. The second kappa shape index (κ2) is 9.61. The van der Waals surface area contributed by atoms with Crippen LogP contribution in [0.5, 0.6) is 0 Å². The van der Waals surface area contributed by atoms with Crippen LogP contribution in [0, 0.1) is 16.7 Å². The Kier molecular flexibility index (Phi) is 8.57. The third kappa shape index (κ3) is 7.17. The molecule has 0 radical (unpaired) electrons. The van der Waals surface area contributed by atoms with Crippen molar-refractivity contribution in [3.8, 4) is 6.07 Å². The van der Waals surface area contributed by atoms with Gasteiger partial charge in [0.1, 0.15) is 18.2 Å². The van der Waals surface area contributed by atoms with Crippen molar-refractivity contribution in [2.24, 2.45) is 0 Å². The number of rotatable bonds is 9. The van der Waals surface area contributed by atoms with Gasteiger partial charge in [-0.15, -0.1) is 0 Å². The molecule has 0 saturated carbocycles. The molecule has 0 aromatic carbocycles. The molecular weight excluding hydrogens is 278 g/mol. The molecule has 0 aliphatic heterocycles. The van der Waals surface area contributed by atoms with E-state index in [9.17, 15) is 14.4 Å². The van der Waals surface area contributed by atoms with Gasteiger partial charge >= 0.3 is 5.97 Å². The lowest BCUT2D eigenvalue weighted by Gasteiger charge is -2.19. The van der Waals surface area contributed by atoms with Gasteiger partial charge in [-0.1, -0.05) is 0 Å². The van der Waals surface area contributed by atoms with Crippen LogP contribution in [0.2, 0.25) is 0 Å². The summed E-state index contributed by atoms with van der Waals surface area (Å²) in [7, 11) is 1.34. The number of hydrogen-bond donors (Lipinski definition) is 2. The summed E-state index contributed by atoms with van der Waals surface area (Å²) in [5.41, 5.74) is 0. The number of amides is 1. The van der Waals surface area contributed by atoms with Crippen LogP contribution >= 0.6 is 0 Å². The van der Waals surface area contributed by atoms with Gasteiger partial charge in [0.15, 0.2) is 11.9 Å². The predicted octanol–water partition coefficient (Wildman–Crippen LogP) is -0.0397. The number of nitrogens with zero attached hydrogens (tertiary/aromatic N) is 1. The molecule has 1 amide bonds. The van der Waals surface area contributed by atoms with Crippen molar-refractivity contribution in [3.63, 3.8) is 0 Å². The van der Waals surface area contributed by atoms with E-state index in [4.69, 9.17) is 20.1 Å². The Hall–Kier alpha value is -2.27. The Morgan fingerprint density at radius 3 is 2.48 bits per heavy atom. The van der Waals surface area contributed by atoms with Crippen molar-refractivity contribution in [3.05, 3.63) is 0 Å². The van der Waals surface area contributed by atoms with Crippen LogP contribution in [0.25, 0.3) is 0 Å². The van der Waals surface area contributed by atoms with Gasteiger partial charge in [0.05, 0.1) is 6.21 Å². The van der Waals surface area contributed by atoms with Crippen LogP contribution in [-0.4, -0.2) is 49.2 Å². The number of nitrogens with one attached hydrogen (secondary N) is 2. The fourth-order valence-corrected chi connectivity index (χ4v) is 1.29. The maximum absolute atomic E-state index is 11.9. The first-order valence-electron chi connectivity index (χ1n) is 6.32. The van der Waals surface area contributed by atoms with Crippen LogP contribution in [0.15, 0.2) is 0 Å². The summed E-state index contributed by atoms with van der Waals surface area (Å²) in [6.45, 7) is 2.88. The molecule has 0 aromatic rings. The number of carbonyl (C=O) groups is 3. The molecule has 0 unspecified atom stereocenters. The summed E-state index contributed by atoms with van der Waals surface area (Å²) >= 11 is 0. The normalized spacial score (nSPS) is 14.2. The number of ketones is 1. The number of methoxy groups -OCH3 is 1. The van der Waals surface area contributed by atoms with E-state index in [0.29, 0.717) is 6.21 Å². The smallest absolute Gasteiger partial charge is 0.329 e. The second-order valence-corrected chi connectivity index (χ2v) is 4.30. The molecule has 0 aliphatic carbocycles. The zero-order valence-corrected chi connectivity index (χ0v) is 12.2. The highest BCUT2D eigenvalue weighted by atomic mass is 16.5. The number of Topliss-reactive ketones (excluding diaryl/α,β-unsaturated/α-hetero) is 1. The van der Waals surface area contributed by atoms with Crippen LogP contribution in [0.3, 0.4) is 0 Å². The maximum atomic E-state index is 11.9. The van der Waals surface area contributed by atoms with Gasteiger partial charge in [-0.3, -0.25) is 9.59 Å². The van der Waals surface area contributed by atoms with E-state index in [1.165, 1.54) is 21.0 Å². The molecule has 2 N–H and O–H groups in total. The quantitative estimate of drug-likeness (QED) is 0.453. The highest BCUT2D eigenvalue weighted by Crippen LogP contribution is 2.04. The van der Waals surface area contributed by atoms with Gasteiger partial charge in [0.25, 0.3) is 0 Å². The molecule has 0 aliphatic rings. The molecule has 8 heteroatoms. The zero-order chi connectivity index (χ0) is 16.4. The van der Waals surface area contributed by atoms with Crippen molar-refractivity contribution in [1.82, 2.24) is 5.32 Å². The van der Waals surface area contributed by atoms with E-state index in [1.807, 2.05) is 0 Å². The molecule has 0 rings (SSSR count). The Labute approximate surface area is 122 Å². The molecule has 0 fully saturated rings. The monoisotopic (exact) mass is 297 g/mol.